The molecule has 0 aliphatic heterocycles. The molecule has 1 N–H and O–H groups in total. The minimum Gasteiger partial charge on any atom is -0.310 e. The lowest BCUT2D eigenvalue weighted by Gasteiger charge is -2.26. The van der Waals surface area contributed by atoms with Gasteiger partial charge in [0.2, 0.25) is 0 Å². The van der Waals surface area contributed by atoms with E-state index < -0.39 is 0 Å². The fourth-order valence-electron chi connectivity index (χ4n) is 2.33. The van der Waals surface area contributed by atoms with E-state index in [0.717, 1.165) is 17.4 Å². The maximum atomic E-state index is 5.91. The topological polar surface area (TPSA) is 12.0 Å². The van der Waals surface area contributed by atoms with E-state index in [1.807, 2.05) is 17.8 Å². The molecule has 0 bridgehead atoms. The largest absolute Gasteiger partial charge is 0.310 e. The summed E-state index contributed by atoms with van der Waals surface area (Å²) in [6, 6.07) is 4.09. The average molecular weight is 276 g/mol. The molecule has 2 rings (SSSR count). The van der Waals surface area contributed by atoms with E-state index in [1.54, 1.807) is 11.3 Å². The molecule has 0 amide bonds. The van der Waals surface area contributed by atoms with Gasteiger partial charge in [0.1, 0.15) is 0 Å². The van der Waals surface area contributed by atoms with E-state index >= 15 is 0 Å². The SMILES string of the molecule is CSC1(CNCc2ccc(Cl)s2)CCCC1. The van der Waals surface area contributed by atoms with Crippen molar-refractivity contribution in [2.45, 2.75) is 37.0 Å². The van der Waals surface area contributed by atoms with E-state index in [4.69, 9.17) is 11.6 Å². The van der Waals surface area contributed by atoms with Crippen LogP contribution in [-0.4, -0.2) is 17.5 Å². The molecule has 0 unspecified atom stereocenters. The average Bonchev–Trinajstić information content (AvgIpc) is 2.89. The standard InChI is InChI=1S/C12H18ClNS2/c1-15-12(6-2-3-7-12)9-14-8-10-4-5-11(13)16-10/h4-5,14H,2-3,6-9H2,1H3. The molecule has 0 radical (unpaired) electrons. The van der Waals surface area contributed by atoms with Crippen LogP contribution in [0, 0.1) is 0 Å². The van der Waals surface area contributed by atoms with Gasteiger partial charge in [-0.3, -0.25) is 0 Å². The maximum Gasteiger partial charge on any atom is 0.0931 e. The number of thioether (sulfide) groups is 1. The van der Waals surface area contributed by atoms with Gasteiger partial charge in [-0.25, -0.2) is 0 Å². The Balaban J connectivity index is 1.78. The molecule has 1 saturated carbocycles. The van der Waals surface area contributed by atoms with Crippen LogP contribution in [0.15, 0.2) is 12.1 Å². The van der Waals surface area contributed by atoms with Crippen molar-refractivity contribution >= 4 is 34.7 Å². The summed E-state index contributed by atoms with van der Waals surface area (Å²) < 4.78 is 1.39. The van der Waals surface area contributed by atoms with Crippen LogP contribution in [0.3, 0.4) is 0 Å². The maximum absolute atomic E-state index is 5.91. The fourth-order valence-corrected chi connectivity index (χ4v) is 4.33. The second-order valence-electron chi connectivity index (χ2n) is 4.40. The summed E-state index contributed by atoms with van der Waals surface area (Å²) in [5.74, 6) is 0. The molecule has 0 aromatic carbocycles. The summed E-state index contributed by atoms with van der Waals surface area (Å²) >= 11 is 9.62. The Labute approximate surface area is 111 Å². The summed E-state index contributed by atoms with van der Waals surface area (Å²) in [4.78, 5) is 1.33. The van der Waals surface area contributed by atoms with Gasteiger partial charge in [-0.15, -0.1) is 11.3 Å². The molecule has 90 valence electrons. The van der Waals surface area contributed by atoms with Crippen LogP contribution >= 0.6 is 34.7 Å². The second-order valence-corrected chi connectivity index (χ2v) is 7.48. The van der Waals surface area contributed by atoms with Crippen LogP contribution in [0.1, 0.15) is 30.6 Å². The van der Waals surface area contributed by atoms with Crippen LogP contribution in [0.2, 0.25) is 4.34 Å². The highest BCUT2D eigenvalue weighted by molar-refractivity contribution is 8.00. The van der Waals surface area contributed by atoms with E-state index in [0.29, 0.717) is 4.75 Å². The minimum atomic E-state index is 0.501. The molecule has 4 heteroatoms. The van der Waals surface area contributed by atoms with Crippen LogP contribution in [0.4, 0.5) is 0 Å². The lowest BCUT2D eigenvalue weighted by atomic mass is 10.1. The summed E-state index contributed by atoms with van der Waals surface area (Å²) in [6.45, 7) is 2.09. The quantitative estimate of drug-likeness (QED) is 0.866. The zero-order chi connectivity index (χ0) is 11.4. The zero-order valence-electron chi connectivity index (χ0n) is 9.59. The Morgan fingerprint density at radius 1 is 1.44 bits per heavy atom. The summed E-state index contributed by atoms with van der Waals surface area (Å²) in [7, 11) is 0. The van der Waals surface area contributed by atoms with Crippen LogP contribution < -0.4 is 5.32 Å². The van der Waals surface area contributed by atoms with Gasteiger partial charge in [-0.2, -0.15) is 11.8 Å². The molecule has 1 aromatic heterocycles. The lowest BCUT2D eigenvalue weighted by Crippen LogP contribution is -2.34. The molecule has 0 spiro atoms. The normalized spacial score (nSPS) is 19.1. The van der Waals surface area contributed by atoms with Gasteiger partial charge in [0.05, 0.1) is 4.34 Å². The van der Waals surface area contributed by atoms with Crippen molar-refractivity contribution in [3.63, 3.8) is 0 Å². The highest BCUT2D eigenvalue weighted by atomic mass is 35.5. The van der Waals surface area contributed by atoms with E-state index in [2.05, 4.69) is 17.6 Å². The third kappa shape index (κ3) is 3.16. The first-order valence-electron chi connectivity index (χ1n) is 5.74. The van der Waals surface area contributed by atoms with Gasteiger partial charge in [0, 0.05) is 22.7 Å². The summed E-state index contributed by atoms with van der Waals surface area (Å²) in [5, 5.41) is 3.58. The van der Waals surface area contributed by atoms with E-state index in [-0.39, 0.29) is 0 Å². The monoisotopic (exact) mass is 275 g/mol. The van der Waals surface area contributed by atoms with Gasteiger partial charge >= 0.3 is 0 Å². The second kappa shape index (κ2) is 5.76. The number of hydrogen-bond acceptors (Lipinski definition) is 3. The summed E-state index contributed by atoms with van der Waals surface area (Å²) in [6.07, 6.45) is 7.77. The van der Waals surface area contributed by atoms with Crippen molar-refractivity contribution in [3.8, 4) is 0 Å². The number of halogens is 1. The van der Waals surface area contributed by atoms with Crippen LogP contribution in [0.5, 0.6) is 0 Å². The molecular formula is C12H18ClNS2. The van der Waals surface area contributed by atoms with E-state index in [1.165, 1.54) is 30.6 Å². The van der Waals surface area contributed by atoms with Gasteiger partial charge in [0.15, 0.2) is 0 Å². The minimum absolute atomic E-state index is 0.501. The highest BCUT2D eigenvalue weighted by Crippen LogP contribution is 2.39. The Kier molecular flexibility index (Phi) is 4.59. The zero-order valence-corrected chi connectivity index (χ0v) is 12.0. The predicted molar refractivity (Wildman–Crippen MR) is 75.7 cm³/mol. The smallest absolute Gasteiger partial charge is 0.0931 e. The number of nitrogens with one attached hydrogen (secondary N) is 1. The molecular weight excluding hydrogens is 258 g/mol. The molecule has 0 saturated heterocycles. The van der Waals surface area contributed by atoms with Crippen molar-refractivity contribution in [1.82, 2.24) is 5.32 Å². The molecule has 16 heavy (non-hydrogen) atoms. The first-order valence-corrected chi connectivity index (χ1v) is 8.16. The van der Waals surface area contributed by atoms with Crippen molar-refractivity contribution in [1.29, 1.82) is 0 Å². The van der Waals surface area contributed by atoms with Crippen LogP contribution in [0.25, 0.3) is 0 Å². The third-order valence-electron chi connectivity index (χ3n) is 3.32. The first-order chi connectivity index (χ1) is 7.74. The van der Waals surface area contributed by atoms with E-state index in [9.17, 15) is 0 Å². The molecule has 1 aromatic rings. The highest BCUT2D eigenvalue weighted by Gasteiger charge is 2.32. The third-order valence-corrected chi connectivity index (χ3v) is 5.97. The lowest BCUT2D eigenvalue weighted by molar-refractivity contribution is 0.536. The molecule has 1 fully saturated rings. The molecule has 1 heterocycles. The molecule has 1 aliphatic carbocycles. The Morgan fingerprint density at radius 2 is 2.19 bits per heavy atom. The van der Waals surface area contributed by atoms with Crippen LogP contribution in [-0.2, 0) is 6.54 Å². The number of thiophene rings is 1. The Morgan fingerprint density at radius 3 is 2.75 bits per heavy atom. The van der Waals surface area contributed by atoms with Crippen molar-refractivity contribution in [2.75, 3.05) is 12.8 Å². The van der Waals surface area contributed by atoms with Gasteiger partial charge < -0.3 is 5.32 Å². The number of hydrogen-bond donors (Lipinski definition) is 1. The molecule has 0 atom stereocenters. The summed E-state index contributed by atoms with van der Waals surface area (Å²) in [5.41, 5.74) is 0. The number of rotatable bonds is 5. The first kappa shape index (κ1) is 12.7. The fraction of sp³-hybridized carbons (Fsp3) is 0.667. The van der Waals surface area contributed by atoms with Crippen molar-refractivity contribution in [3.05, 3.63) is 21.3 Å². The Bertz CT molecular complexity index is 332. The van der Waals surface area contributed by atoms with Gasteiger partial charge in [0.25, 0.3) is 0 Å². The molecule has 1 nitrogen and oxygen atoms in total. The van der Waals surface area contributed by atoms with Crippen molar-refractivity contribution in [2.24, 2.45) is 0 Å². The Hall–Kier alpha value is 0.300. The van der Waals surface area contributed by atoms with Gasteiger partial charge in [-0.05, 0) is 31.2 Å². The molecule has 1 aliphatic rings. The predicted octanol–water partition coefficient (Wildman–Crippen LogP) is 4.17. The van der Waals surface area contributed by atoms with Gasteiger partial charge in [-0.1, -0.05) is 24.4 Å². The van der Waals surface area contributed by atoms with Crippen molar-refractivity contribution < 1.29 is 0 Å².